The fourth-order valence-electron chi connectivity index (χ4n) is 0. The van der Waals surface area contributed by atoms with Gasteiger partial charge in [-0.15, -0.1) is 0 Å². The van der Waals surface area contributed by atoms with Crippen molar-refractivity contribution >= 4 is 0 Å². The van der Waals surface area contributed by atoms with Gasteiger partial charge in [0, 0.05) is 0 Å². The molecular formula is O4VY. The molecule has 0 radical (unpaired) electrons. The molecule has 0 saturated heterocycles. The van der Waals surface area contributed by atoms with E-state index < -0.39 is 15.0 Å². The fourth-order valence-corrected chi connectivity index (χ4v) is 0. The molecule has 0 heterocycles. The average Bonchev–Trinajstić information content (AvgIpc) is 0.722. The standard InChI is InChI=1S/4O.V.Y/q;3*-1;;+3. The monoisotopic (exact) mass is 204 g/mol. The van der Waals surface area contributed by atoms with Crippen LogP contribution in [0.4, 0.5) is 0 Å². The van der Waals surface area contributed by atoms with Crippen molar-refractivity contribution in [3.63, 3.8) is 0 Å². The molecule has 0 atom stereocenters. The van der Waals surface area contributed by atoms with Gasteiger partial charge in [-0.3, -0.25) is 0 Å². The Kier molecular flexibility index (Phi) is 5.84. The maximum atomic E-state index is 8.61. The molecule has 0 unspecified atom stereocenters. The van der Waals surface area contributed by atoms with Gasteiger partial charge in [0.1, 0.15) is 0 Å². The van der Waals surface area contributed by atoms with Crippen molar-refractivity contribution in [2.75, 3.05) is 0 Å². The molecule has 32 valence electrons. The summed E-state index contributed by atoms with van der Waals surface area (Å²) in [5.74, 6) is 0. The number of rotatable bonds is 0. The summed E-state index contributed by atoms with van der Waals surface area (Å²) >= 11 is -5.88. The van der Waals surface area contributed by atoms with Crippen LogP contribution in [0, 0.1) is 0 Å². The molecule has 0 saturated carbocycles. The van der Waals surface area contributed by atoms with Gasteiger partial charge in [-0.05, 0) is 0 Å². The number of hydrogen-bond acceptors (Lipinski definition) is 4. The molecule has 0 aromatic heterocycles. The van der Waals surface area contributed by atoms with Gasteiger partial charge >= 0.3 is 63.5 Å². The van der Waals surface area contributed by atoms with Crippen molar-refractivity contribution in [1.82, 2.24) is 0 Å². The van der Waals surface area contributed by atoms with Gasteiger partial charge in [0.2, 0.25) is 0 Å². The minimum atomic E-state index is -5.88. The van der Waals surface area contributed by atoms with Crippen molar-refractivity contribution in [3.8, 4) is 0 Å². The van der Waals surface area contributed by atoms with Crippen LogP contribution in [0.15, 0.2) is 0 Å². The second-order valence-electron chi connectivity index (χ2n) is 0.447. The molecule has 0 aliphatic carbocycles. The van der Waals surface area contributed by atoms with Crippen molar-refractivity contribution < 1.29 is 63.5 Å². The Morgan fingerprint density at radius 2 is 1.17 bits per heavy atom. The zero-order chi connectivity index (χ0) is 4.50. The molecule has 0 aromatic rings. The Labute approximate surface area is 63.0 Å². The summed E-state index contributed by atoms with van der Waals surface area (Å²) in [7, 11) is 0. The van der Waals surface area contributed by atoms with Crippen LogP contribution in [0.3, 0.4) is 0 Å². The van der Waals surface area contributed by atoms with E-state index in [1.807, 2.05) is 0 Å². The molecule has 0 aliphatic heterocycles. The van der Waals surface area contributed by atoms with E-state index in [1.165, 1.54) is 0 Å². The SMILES string of the molecule is [O]=[V]([O-])([O-])[O-].[Y+3]. The van der Waals surface area contributed by atoms with E-state index in [9.17, 15) is 0 Å². The van der Waals surface area contributed by atoms with Crippen LogP contribution < -0.4 is 12.1 Å². The summed E-state index contributed by atoms with van der Waals surface area (Å²) < 4.78 is 34.4. The molecule has 4 nitrogen and oxygen atoms in total. The second-order valence-corrected chi connectivity index (χ2v) is 1.84. The van der Waals surface area contributed by atoms with Gasteiger partial charge in [0.05, 0.1) is 0 Å². The normalized spacial score (nSPS) is 9.83. The molecule has 6 heavy (non-hydrogen) atoms. The summed E-state index contributed by atoms with van der Waals surface area (Å²) in [6.07, 6.45) is 0. The third-order valence-corrected chi connectivity index (χ3v) is 0. The van der Waals surface area contributed by atoms with Crippen LogP contribution >= 0.6 is 0 Å². The molecule has 0 rings (SSSR count). The maximum Gasteiger partial charge on any atom is 3.00 e. The first kappa shape index (κ1) is 10.4. The zero-order valence-corrected chi connectivity index (χ0v) is 6.89. The molecular weight excluding hydrogens is 204 g/mol. The summed E-state index contributed by atoms with van der Waals surface area (Å²) in [5.41, 5.74) is 0. The second kappa shape index (κ2) is 3.38. The van der Waals surface area contributed by atoms with E-state index in [2.05, 4.69) is 0 Å². The van der Waals surface area contributed by atoms with Gasteiger partial charge in [0.25, 0.3) is 0 Å². The fraction of sp³-hybridized carbons (Fsp3) is 0. The van der Waals surface area contributed by atoms with E-state index in [4.69, 9.17) is 15.8 Å². The van der Waals surface area contributed by atoms with Crippen LogP contribution in [0.1, 0.15) is 0 Å². The van der Waals surface area contributed by atoms with Crippen molar-refractivity contribution in [2.45, 2.75) is 0 Å². The van der Waals surface area contributed by atoms with Gasteiger partial charge in [-0.2, -0.15) is 0 Å². The molecule has 0 fully saturated rings. The zero-order valence-electron chi connectivity index (χ0n) is 2.66. The van der Waals surface area contributed by atoms with Gasteiger partial charge in [-0.1, -0.05) is 0 Å². The van der Waals surface area contributed by atoms with Crippen LogP contribution in [0.2, 0.25) is 0 Å². The summed E-state index contributed by atoms with van der Waals surface area (Å²) in [5, 5.41) is 0. The van der Waals surface area contributed by atoms with E-state index in [-0.39, 0.29) is 32.7 Å². The summed E-state index contributed by atoms with van der Waals surface area (Å²) in [6, 6.07) is 0. The third kappa shape index (κ3) is 54.7. The largest absolute Gasteiger partial charge is 3.00 e. The van der Waals surface area contributed by atoms with Crippen LogP contribution in [-0.2, 0) is 51.4 Å². The van der Waals surface area contributed by atoms with E-state index >= 15 is 0 Å². The molecule has 0 spiro atoms. The van der Waals surface area contributed by atoms with Crippen LogP contribution in [0.5, 0.6) is 0 Å². The number of hydrogen-bond donors (Lipinski definition) is 0. The Hall–Kier alpha value is 1.37. The summed E-state index contributed by atoms with van der Waals surface area (Å²) in [4.78, 5) is 0. The summed E-state index contributed by atoms with van der Waals surface area (Å²) in [6.45, 7) is 0. The Morgan fingerprint density at radius 3 is 1.17 bits per heavy atom. The van der Waals surface area contributed by atoms with Crippen LogP contribution in [0.25, 0.3) is 0 Å². The minimum absolute atomic E-state index is 0. The Balaban J connectivity index is 0. The van der Waals surface area contributed by atoms with Gasteiger partial charge < -0.3 is 0 Å². The molecule has 0 N–H and O–H groups in total. The first-order valence-electron chi connectivity index (χ1n) is 0.730. The first-order chi connectivity index (χ1) is 2.00. The maximum absolute atomic E-state index is 8.61. The third-order valence-electron chi connectivity index (χ3n) is 0. The molecule has 6 heteroatoms. The predicted molar refractivity (Wildman–Crippen MR) is 0.686 cm³/mol. The smallest absolute Gasteiger partial charge is 3.00 e. The molecule has 0 amide bonds. The minimum Gasteiger partial charge on any atom is 3.00 e. The Bertz CT molecular complexity index is 53.7. The van der Waals surface area contributed by atoms with E-state index in [1.54, 1.807) is 0 Å². The topological polar surface area (TPSA) is 86.2 Å². The van der Waals surface area contributed by atoms with Crippen LogP contribution in [-0.4, -0.2) is 0 Å². The van der Waals surface area contributed by atoms with E-state index in [0.29, 0.717) is 0 Å². The molecule has 0 aromatic carbocycles. The average molecular weight is 204 g/mol. The first-order valence-corrected chi connectivity index (χ1v) is 3.01. The predicted octanol–water partition coefficient (Wildman–Crippen LogP) is -3.69. The van der Waals surface area contributed by atoms with Gasteiger partial charge in [-0.25, -0.2) is 0 Å². The molecule has 0 bridgehead atoms. The van der Waals surface area contributed by atoms with E-state index in [0.717, 1.165) is 0 Å². The van der Waals surface area contributed by atoms with Gasteiger partial charge in [0.15, 0.2) is 0 Å². The van der Waals surface area contributed by atoms with Crippen molar-refractivity contribution in [3.05, 3.63) is 0 Å². The van der Waals surface area contributed by atoms with Crippen molar-refractivity contribution in [1.29, 1.82) is 0 Å². The molecule has 0 aliphatic rings. The Morgan fingerprint density at radius 1 is 1.17 bits per heavy atom. The quantitative estimate of drug-likeness (QED) is 0.406. The van der Waals surface area contributed by atoms with Crippen molar-refractivity contribution in [2.24, 2.45) is 0 Å².